The van der Waals surface area contributed by atoms with Crippen LogP contribution in [0.3, 0.4) is 0 Å². The summed E-state index contributed by atoms with van der Waals surface area (Å²) < 4.78 is 11.3. The van der Waals surface area contributed by atoms with Gasteiger partial charge in [-0.15, -0.1) is 0 Å². The van der Waals surface area contributed by atoms with Gasteiger partial charge in [-0.05, 0) is 60.1 Å². The van der Waals surface area contributed by atoms with Crippen LogP contribution in [0, 0.1) is 0 Å². The largest absolute Gasteiger partial charge is 0.458 e. The van der Waals surface area contributed by atoms with E-state index in [0.29, 0.717) is 0 Å². The summed E-state index contributed by atoms with van der Waals surface area (Å²) in [6.45, 7) is 10.6. The Balaban J connectivity index is 1.89. The zero-order chi connectivity index (χ0) is 23.8. The highest BCUT2D eigenvalue weighted by Crippen LogP contribution is 2.29. The van der Waals surface area contributed by atoms with Gasteiger partial charge in [-0.3, -0.25) is 19.3 Å². The maximum absolute atomic E-state index is 13.5. The van der Waals surface area contributed by atoms with Gasteiger partial charge in [0.1, 0.15) is 11.6 Å². The lowest BCUT2D eigenvalue weighted by atomic mass is 10.0. The Kier molecular flexibility index (Phi) is 6.29. The molecule has 3 amide bonds. The van der Waals surface area contributed by atoms with E-state index in [1.807, 2.05) is 20.8 Å². The van der Waals surface area contributed by atoms with Gasteiger partial charge >= 0.3 is 5.97 Å². The van der Waals surface area contributed by atoms with E-state index in [0.717, 1.165) is 4.90 Å². The monoisotopic (exact) mass is 442 g/mol. The molecule has 8 heteroatoms. The lowest BCUT2D eigenvalue weighted by Gasteiger charge is -2.37. The van der Waals surface area contributed by atoms with Gasteiger partial charge in [0.05, 0.1) is 23.3 Å². The Labute approximate surface area is 188 Å². The number of imide groups is 1. The molecular weight excluding hydrogens is 412 g/mol. The molecular formula is C24H30N2O6. The summed E-state index contributed by atoms with van der Waals surface area (Å²) in [6.07, 6.45) is 3.34. The van der Waals surface area contributed by atoms with Gasteiger partial charge in [-0.2, -0.15) is 0 Å². The van der Waals surface area contributed by atoms with Crippen molar-refractivity contribution in [3.8, 4) is 0 Å². The predicted molar refractivity (Wildman–Crippen MR) is 117 cm³/mol. The SMILES string of the molecule is CC(C)(C)OC[C@@H](C(=O)OC(C)(C)C)N1C=CC[C@H](N2C(=O)c3ccccc3C2=O)C1=O. The fourth-order valence-electron chi connectivity index (χ4n) is 3.57. The lowest BCUT2D eigenvalue weighted by molar-refractivity contribution is -0.168. The molecule has 0 saturated heterocycles. The van der Waals surface area contributed by atoms with E-state index >= 15 is 0 Å². The van der Waals surface area contributed by atoms with Crippen molar-refractivity contribution in [1.29, 1.82) is 0 Å². The molecule has 32 heavy (non-hydrogen) atoms. The van der Waals surface area contributed by atoms with Gasteiger partial charge in [-0.1, -0.05) is 18.2 Å². The van der Waals surface area contributed by atoms with E-state index in [-0.39, 0.29) is 24.2 Å². The molecule has 8 nitrogen and oxygen atoms in total. The maximum Gasteiger partial charge on any atom is 0.332 e. The molecule has 0 unspecified atom stereocenters. The molecule has 0 saturated carbocycles. The van der Waals surface area contributed by atoms with Crippen molar-refractivity contribution in [3.05, 3.63) is 47.7 Å². The third-order valence-electron chi connectivity index (χ3n) is 4.99. The van der Waals surface area contributed by atoms with Crippen molar-refractivity contribution in [2.24, 2.45) is 0 Å². The highest BCUT2D eigenvalue weighted by molar-refractivity contribution is 6.23. The molecule has 1 aromatic carbocycles. The number of carbonyl (C=O) groups is 4. The van der Waals surface area contributed by atoms with Gasteiger partial charge in [0, 0.05) is 6.20 Å². The van der Waals surface area contributed by atoms with Crippen LogP contribution in [0.2, 0.25) is 0 Å². The zero-order valence-corrected chi connectivity index (χ0v) is 19.4. The summed E-state index contributed by atoms with van der Waals surface area (Å²) in [5.41, 5.74) is -0.774. The van der Waals surface area contributed by atoms with Gasteiger partial charge in [0.15, 0.2) is 6.04 Å². The molecule has 2 aliphatic rings. The van der Waals surface area contributed by atoms with Gasteiger partial charge in [0.25, 0.3) is 17.7 Å². The molecule has 0 aliphatic carbocycles. The number of rotatable bonds is 5. The molecule has 3 rings (SSSR count). The summed E-state index contributed by atoms with van der Waals surface area (Å²) >= 11 is 0. The quantitative estimate of drug-likeness (QED) is 0.514. The number of hydrogen-bond donors (Lipinski definition) is 0. The Bertz CT molecular complexity index is 934. The molecule has 0 radical (unpaired) electrons. The number of carbonyl (C=O) groups excluding carboxylic acids is 4. The Morgan fingerprint density at radius 2 is 1.56 bits per heavy atom. The number of nitrogens with zero attached hydrogens (tertiary/aromatic N) is 2. The summed E-state index contributed by atoms with van der Waals surface area (Å²) in [5, 5.41) is 0. The van der Waals surface area contributed by atoms with Crippen LogP contribution in [0.4, 0.5) is 0 Å². The van der Waals surface area contributed by atoms with Crippen molar-refractivity contribution in [2.75, 3.05) is 6.61 Å². The first-order valence-electron chi connectivity index (χ1n) is 10.6. The number of esters is 1. The summed E-state index contributed by atoms with van der Waals surface area (Å²) in [6, 6.07) is 4.37. The smallest absolute Gasteiger partial charge is 0.332 e. The van der Waals surface area contributed by atoms with Crippen LogP contribution < -0.4 is 0 Å². The minimum atomic E-state index is -1.06. The van der Waals surface area contributed by atoms with E-state index in [9.17, 15) is 19.2 Å². The summed E-state index contributed by atoms with van der Waals surface area (Å²) in [4.78, 5) is 54.4. The first-order chi connectivity index (χ1) is 14.8. The molecule has 0 N–H and O–H groups in total. The van der Waals surface area contributed by atoms with Crippen LogP contribution in [0.15, 0.2) is 36.5 Å². The molecule has 0 spiro atoms. The fourth-order valence-corrected chi connectivity index (χ4v) is 3.57. The van der Waals surface area contributed by atoms with Crippen LogP contribution in [0.1, 0.15) is 68.7 Å². The highest BCUT2D eigenvalue weighted by atomic mass is 16.6. The summed E-state index contributed by atoms with van der Waals surface area (Å²) in [7, 11) is 0. The minimum absolute atomic E-state index is 0.0939. The highest BCUT2D eigenvalue weighted by Gasteiger charge is 2.46. The van der Waals surface area contributed by atoms with Crippen LogP contribution in [-0.4, -0.2) is 63.4 Å². The molecule has 0 bridgehead atoms. The number of hydrogen-bond acceptors (Lipinski definition) is 6. The average molecular weight is 443 g/mol. The van der Waals surface area contributed by atoms with E-state index in [1.165, 1.54) is 11.1 Å². The van der Waals surface area contributed by atoms with Crippen LogP contribution in [0.5, 0.6) is 0 Å². The summed E-state index contributed by atoms with van der Waals surface area (Å²) in [5.74, 6) is -2.18. The first kappa shape index (κ1) is 23.7. The maximum atomic E-state index is 13.5. The second-order valence-corrected chi connectivity index (χ2v) is 9.88. The van der Waals surface area contributed by atoms with Crippen LogP contribution >= 0.6 is 0 Å². The normalized spacial score (nSPS) is 19.9. The van der Waals surface area contributed by atoms with Crippen molar-refractivity contribution >= 4 is 23.7 Å². The first-order valence-corrected chi connectivity index (χ1v) is 10.6. The van der Waals surface area contributed by atoms with Crippen LogP contribution in [-0.2, 0) is 19.1 Å². The van der Waals surface area contributed by atoms with E-state index in [4.69, 9.17) is 9.47 Å². The molecule has 172 valence electrons. The lowest BCUT2D eigenvalue weighted by Crippen LogP contribution is -2.57. The van der Waals surface area contributed by atoms with E-state index < -0.39 is 47.0 Å². The Morgan fingerprint density at radius 1 is 1.00 bits per heavy atom. The third kappa shape index (κ3) is 4.91. The fraction of sp³-hybridized carbons (Fsp3) is 0.500. The van der Waals surface area contributed by atoms with Gasteiger partial charge in [0.2, 0.25) is 0 Å². The molecule has 1 aromatic rings. The third-order valence-corrected chi connectivity index (χ3v) is 4.99. The molecule has 0 fully saturated rings. The average Bonchev–Trinajstić information content (AvgIpc) is 2.92. The van der Waals surface area contributed by atoms with Crippen LogP contribution in [0.25, 0.3) is 0 Å². The second kappa shape index (κ2) is 8.50. The standard InChI is InChI=1S/C24H30N2O6/c1-23(2,3)31-14-18(22(30)32-24(4,5)6)25-13-9-12-17(21(25)29)26-19(27)15-10-7-8-11-16(15)20(26)28/h7-11,13,17-18H,12,14H2,1-6H3/t17-,18-/m0/s1. The number of ether oxygens (including phenoxy) is 2. The van der Waals surface area contributed by atoms with E-state index in [2.05, 4.69) is 0 Å². The van der Waals surface area contributed by atoms with Gasteiger partial charge < -0.3 is 14.4 Å². The van der Waals surface area contributed by atoms with Crippen molar-refractivity contribution in [2.45, 2.75) is 71.2 Å². The van der Waals surface area contributed by atoms with Crippen molar-refractivity contribution in [1.82, 2.24) is 9.80 Å². The van der Waals surface area contributed by atoms with Crippen molar-refractivity contribution < 1.29 is 28.7 Å². The second-order valence-electron chi connectivity index (χ2n) is 9.88. The topological polar surface area (TPSA) is 93.2 Å². The number of fused-ring (bicyclic) bond motifs is 1. The molecule has 2 atom stereocenters. The molecule has 0 aromatic heterocycles. The Morgan fingerprint density at radius 3 is 2.06 bits per heavy atom. The molecule has 2 aliphatic heterocycles. The Hall–Kier alpha value is -3.00. The predicted octanol–water partition coefficient (Wildman–Crippen LogP) is 2.92. The van der Waals surface area contributed by atoms with Crippen molar-refractivity contribution in [3.63, 3.8) is 0 Å². The zero-order valence-electron chi connectivity index (χ0n) is 19.4. The minimum Gasteiger partial charge on any atom is -0.458 e. The number of amides is 3. The number of benzene rings is 1. The van der Waals surface area contributed by atoms with E-state index in [1.54, 1.807) is 51.1 Å². The van der Waals surface area contributed by atoms with Gasteiger partial charge in [-0.25, -0.2) is 4.79 Å². The molecule has 2 heterocycles.